The normalized spacial score (nSPS) is 17.0. The van der Waals surface area contributed by atoms with Crippen LogP contribution in [0.2, 0.25) is 0 Å². The number of aryl methyl sites for hydroxylation is 1. The van der Waals surface area contributed by atoms with Crippen molar-refractivity contribution in [3.05, 3.63) is 76.7 Å². The summed E-state index contributed by atoms with van der Waals surface area (Å²) < 4.78 is 29.8. The van der Waals surface area contributed by atoms with Crippen molar-refractivity contribution in [2.45, 2.75) is 12.3 Å². The zero-order valence-electron chi connectivity index (χ0n) is 21.7. The molecule has 1 unspecified atom stereocenters. The van der Waals surface area contributed by atoms with E-state index in [1.54, 1.807) is 37.5 Å². The number of Topliss-reactive ketones (excluding diaryl/α,β-unsaturated/α-hetero) is 1. The van der Waals surface area contributed by atoms with Crippen molar-refractivity contribution in [1.29, 1.82) is 0 Å². The van der Waals surface area contributed by atoms with Gasteiger partial charge in [-0.2, -0.15) is 0 Å². The first kappa shape index (κ1) is 24.4. The molecule has 0 spiro atoms. The number of nitrogens with zero attached hydrogens (tertiary/aromatic N) is 1. The van der Waals surface area contributed by atoms with Crippen LogP contribution in [0.15, 0.2) is 54.4 Å². The van der Waals surface area contributed by atoms with Crippen LogP contribution in [0.1, 0.15) is 39.4 Å². The monoisotopic (exact) mass is 527 g/mol. The number of hydrogen-bond donors (Lipinski definition) is 1. The van der Waals surface area contributed by atoms with Gasteiger partial charge in [0.15, 0.2) is 17.3 Å². The second-order valence-corrected chi connectivity index (χ2v) is 9.38. The van der Waals surface area contributed by atoms with Crippen molar-refractivity contribution < 1.29 is 38.4 Å². The second-order valence-electron chi connectivity index (χ2n) is 9.38. The standard InChI is InChI=1S/C30H25NO8/c1-31-14-16(19-12-17(35-2)5-7-21(19)31)11-25-28(33)18-6-8-22-27(30(18)39-25)20(13-26(32)38-22)15-9-23(36-3)29(34)24(10-15)37-4/h5-12,14,20,34H,13H2,1-4H3. The Bertz CT molecular complexity index is 1690. The lowest BCUT2D eigenvalue weighted by molar-refractivity contribution is -0.135. The number of hydrogen-bond acceptors (Lipinski definition) is 8. The smallest absolute Gasteiger partial charge is 0.312 e. The molecule has 9 heteroatoms. The van der Waals surface area contributed by atoms with Gasteiger partial charge in [0, 0.05) is 41.2 Å². The van der Waals surface area contributed by atoms with E-state index in [2.05, 4.69) is 0 Å². The number of fused-ring (bicyclic) bond motifs is 4. The summed E-state index contributed by atoms with van der Waals surface area (Å²) in [5, 5.41) is 11.3. The highest BCUT2D eigenvalue weighted by atomic mass is 16.5. The third kappa shape index (κ3) is 3.85. The predicted molar refractivity (Wildman–Crippen MR) is 142 cm³/mol. The van der Waals surface area contributed by atoms with E-state index in [1.165, 1.54) is 14.2 Å². The number of methoxy groups -OCH3 is 3. The maximum Gasteiger partial charge on any atom is 0.312 e. The van der Waals surface area contributed by atoms with Crippen molar-refractivity contribution in [2.75, 3.05) is 21.3 Å². The van der Waals surface area contributed by atoms with E-state index in [0.29, 0.717) is 33.9 Å². The van der Waals surface area contributed by atoms with Gasteiger partial charge in [-0.15, -0.1) is 0 Å². The van der Waals surface area contributed by atoms with Crippen LogP contribution in [0.4, 0.5) is 0 Å². The molecule has 0 fully saturated rings. The minimum atomic E-state index is -0.534. The van der Waals surface area contributed by atoms with Crippen molar-refractivity contribution >= 4 is 28.7 Å². The van der Waals surface area contributed by atoms with Gasteiger partial charge in [-0.05, 0) is 54.1 Å². The number of carbonyl (C=O) groups excluding carboxylic acids is 2. The van der Waals surface area contributed by atoms with Crippen LogP contribution in [0.5, 0.6) is 34.5 Å². The third-order valence-electron chi connectivity index (χ3n) is 7.20. The minimum absolute atomic E-state index is 0.000251. The van der Waals surface area contributed by atoms with Gasteiger partial charge in [0.05, 0.1) is 33.3 Å². The first-order valence-electron chi connectivity index (χ1n) is 12.2. The number of rotatable bonds is 5. The average Bonchev–Trinajstić information content (AvgIpc) is 3.43. The fourth-order valence-corrected chi connectivity index (χ4v) is 5.29. The molecule has 1 aromatic heterocycles. The van der Waals surface area contributed by atoms with Crippen LogP contribution in [0, 0.1) is 0 Å². The summed E-state index contributed by atoms with van der Waals surface area (Å²) in [7, 11) is 6.40. The van der Waals surface area contributed by atoms with Gasteiger partial charge >= 0.3 is 5.97 Å². The van der Waals surface area contributed by atoms with E-state index in [4.69, 9.17) is 23.7 Å². The highest BCUT2D eigenvalue weighted by Crippen LogP contribution is 2.51. The molecule has 0 aliphatic carbocycles. The first-order valence-corrected chi connectivity index (χ1v) is 12.2. The van der Waals surface area contributed by atoms with Crippen LogP contribution in [0.3, 0.4) is 0 Å². The molecule has 0 amide bonds. The zero-order chi connectivity index (χ0) is 27.4. The Hall–Kier alpha value is -4.92. The summed E-state index contributed by atoms with van der Waals surface area (Å²) >= 11 is 0. The molecule has 198 valence electrons. The number of carbonyl (C=O) groups is 2. The Labute approximate surface area is 223 Å². The number of ether oxygens (including phenoxy) is 5. The molecule has 39 heavy (non-hydrogen) atoms. The van der Waals surface area contributed by atoms with Crippen molar-refractivity contribution in [1.82, 2.24) is 4.57 Å². The molecule has 9 nitrogen and oxygen atoms in total. The van der Waals surface area contributed by atoms with Gasteiger partial charge in [0.2, 0.25) is 11.5 Å². The second kappa shape index (κ2) is 9.13. The molecule has 2 aliphatic heterocycles. The maximum atomic E-state index is 13.5. The lowest BCUT2D eigenvalue weighted by atomic mass is 9.84. The fourth-order valence-electron chi connectivity index (χ4n) is 5.29. The average molecular weight is 528 g/mol. The largest absolute Gasteiger partial charge is 0.502 e. The molecule has 6 rings (SSSR count). The molecular weight excluding hydrogens is 502 g/mol. The number of phenolic OH excluding ortho intramolecular Hbond substituents is 1. The SMILES string of the molecule is COc1ccc2c(c1)c(C=C1Oc3c(ccc4c3C(c3cc(OC)c(O)c(OC)c3)CC(=O)O4)C1=O)cn2C. The van der Waals surface area contributed by atoms with Crippen LogP contribution in [-0.4, -0.2) is 42.8 Å². The summed E-state index contributed by atoms with van der Waals surface area (Å²) in [4.78, 5) is 26.1. The van der Waals surface area contributed by atoms with Gasteiger partial charge < -0.3 is 33.4 Å². The quantitative estimate of drug-likeness (QED) is 0.220. The Kier molecular flexibility index (Phi) is 5.71. The lowest BCUT2D eigenvalue weighted by Crippen LogP contribution is -2.21. The zero-order valence-corrected chi connectivity index (χ0v) is 21.7. The number of aromatic nitrogens is 1. The van der Waals surface area contributed by atoms with Gasteiger partial charge in [0.25, 0.3) is 0 Å². The summed E-state index contributed by atoms with van der Waals surface area (Å²) in [5.74, 6) is 0.516. The molecule has 4 aromatic rings. The first-order chi connectivity index (χ1) is 18.8. The maximum absolute atomic E-state index is 13.5. The summed E-state index contributed by atoms with van der Waals surface area (Å²) in [6.07, 6.45) is 3.64. The number of allylic oxidation sites excluding steroid dienone is 1. The Morgan fingerprint density at radius 3 is 2.41 bits per heavy atom. The Balaban J connectivity index is 1.47. The number of aromatic hydroxyl groups is 1. The number of esters is 1. The fraction of sp³-hybridized carbons (Fsp3) is 0.200. The summed E-state index contributed by atoms with van der Waals surface area (Å²) in [5.41, 5.74) is 3.36. The number of benzene rings is 3. The van der Waals surface area contributed by atoms with Crippen LogP contribution in [-0.2, 0) is 11.8 Å². The summed E-state index contributed by atoms with van der Waals surface area (Å²) in [6, 6.07) is 12.3. The number of phenols is 1. The molecule has 0 saturated carbocycles. The molecule has 0 radical (unpaired) electrons. The molecule has 1 N–H and O–H groups in total. The minimum Gasteiger partial charge on any atom is -0.502 e. The van der Waals surface area contributed by atoms with Crippen molar-refractivity contribution in [3.8, 4) is 34.5 Å². The molecule has 3 aromatic carbocycles. The van der Waals surface area contributed by atoms with Gasteiger partial charge in [-0.1, -0.05) is 0 Å². The van der Waals surface area contributed by atoms with Crippen LogP contribution < -0.4 is 23.7 Å². The summed E-state index contributed by atoms with van der Waals surface area (Å²) in [6.45, 7) is 0. The van der Waals surface area contributed by atoms with E-state index in [1.807, 2.05) is 36.0 Å². The van der Waals surface area contributed by atoms with Gasteiger partial charge in [0.1, 0.15) is 17.2 Å². The molecule has 0 bridgehead atoms. The highest BCUT2D eigenvalue weighted by Gasteiger charge is 2.39. The Morgan fingerprint density at radius 2 is 1.72 bits per heavy atom. The molecule has 3 heterocycles. The van der Waals surface area contributed by atoms with Crippen LogP contribution in [0.25, 0.3) is 17.0 Å². The Morgan fingerprint density at radius 1 is 0.974 bits per heavy atom. The predicted octanol–water partition coefficient (Wildman–Crippen LogP) is 4.97. The van der Waals surface area contributed by atoms with Crippen molar-refractivity contribution in [2.24, 2.45) is 7.05 Å². The molecule has 1 atom stereocenters. The van der Waals surface area contributed by atoms with E-state index in [0.717, 1.165) is 16.5 Å². The van der Waals surface area contributed by atoms with Crippen LogP contribution >= 0.6 is 0 Å². The lowest BCUT2D eigenvalue weighted by Gasteiger charge is -2.27. The number of ketones is 1. The van der Waals surface area contributed by atoms with Crippen molar-refractivity contribution in [3.63, 3.8) is 0 Å². The van der Waals surface area contributed by atoms with Gasteiger partial charge in [-0.3, -0.25) is 9.59 Å². The third-order valence-corrected chi connectivity index (χ3v) is 7.20. The topological polar surface area (TPSA) is 105 Å². The molecular formula is C30H25NO8. The van der Waals surface area contributed by atoms with E-state index in [9.17, 15) is 14.7 Å². The van der Waals surface area contributed by atoms with E-state index in [-0.39, 0.29) is 35.2 Å². The van der Waals surface area contributed by atoms with Gasteiger partial charge in [-0.25, -0.2) is 0 Å². The molecule has 2 aliphatic rings. The highest BCUT2D eigenvalue weighted by molar-refractivity contribution is 6.15. The molecule has 0 saturated heterocycles. The van der Waals surface area contributed by atoms with E-state index >= 15 is 0 Å². The van der Waals surface area contributed by atoms with E-state index < -0.39 is 11.9 Å².